The summed E-state index contributed by atoms with van der Waals surface area (Å²) in [5, 5.41) is 0. The van der Waals surface area contributed by atoms with Crippen molar-refractivity contribution in [1.29, 1.82) is 0 Å². The van der Waals surface area contributed by atoms with Gasteiger partial charge in [-0.05, 0) is 35.3 Å². The third-order valence-electron chi connectivity index (χ3n) is 6.72. The quantitative estimate of drug-likeness (QED) is 0.796. The standard InChI is InChI=1S/C24H22N2O3/c1-15-5-4-9-25-19(15)13-26-20-7-3-2-6-17(20)24(23(26)27)14-29-22-12-21-16(8-10-28-21)11-18(22)24/h2-7,9,11-12,15,19H,8,10,13-14H2,1H3. The number of hydrogen-bond donors (Lipinski definition) is 0. The summed E-state index contributed by atoms with van der Waals surface area (Å²) in [5.41, 5.74) is 3.36. The topological polar surface area (TPSA) is 51.1 Å². The van der Waals surface area contributed by atoms with E-state index in [4.69, 9.17) is 9.47 Å². The molecule has 1 amide bonds. The second-order valence-corrected chi connectivity index (χ2v) is 8.29. The number of carbonyl (C=O) groups excluding carboxylic acids is 1. The Kier molecular flexibility index (Phi) is 3.46. The van der Waals surface area contributed by atoms with Crippen molar-refractivity contribution in [3.8, 4) is 11.5 Å². The van der Waals surface area contributed by atoms with Gasteiger partial charge in [-0.3, -0.25) is 9.79 Å². The Balaban J connectivity index is 1.47. The second kappa shape index (κ2) is 5.96. The molecule has 4 aliphatic heterocycles. The fourth-order valence-corrected chi connectivity index (χ4v) is 5.08. The van der Waals surface area contributed by atoms with Crippen LogP contribution in [0.25, 0.3) is 0 Å². The van der Waals surface area contributed by atoms with E-state index in [9.17, 15) is 4.79 Å². The number of fused-ring (bicyclic) bond motifs is 5. The minimum absolute atomic E-state index is 0.0577. The minimum atomic E-state index is -0.777. The summed E-state index contributed by atoms with van der Waals surface area (Å²) in [6.45, 7) is 3.74. The van der Waals surface area contributed by atoms with Gasteiger partial charge in [-0.2, -0.15) is 0 Å². The summed E-state index contributed by atoms with van der Waals surface area (Å²) in [6.07, 6.45) is 6.84. The Labute approximate surface area is 169 Å². The van der Waals surface area contributed by atoms with Crippen molar-refractivity contribution in [2.75, 3.05) is 24.7 Å². The van der Waals surface area contributed by atoms with E-state index in [1.807, 2.05) is 41.5 Å². The number of ether oxygens (including phenoxy) is 2. The van der Waals surface area contributed by atoms with Gasteiger partial charge in [0, 0.05) is 36.5 Å². The van der Waals surface area contributed by atoms with Crippen LogP contribution in [0.1, 0.15) is 23.6 Å². The van der Waals surface area contributed by atoms with E-state index in [2.05, 4.69) is 30.1 Å². The molecule has 2 aromatic rings. The summed E-state index contributed by atoms with van der Waals surface area (Å²) in [5.74, 6) is 2.04. The van der Waals surface area contributed by atoms with E-state index in [-0.39, 0.29) is 11.9 Å². The van der Waals surface area contributed by atoms with Gasteiger partial charge in [0.2, 0.25) is 5.91 Å². The van der Waals surface area contributed by atoms with Gasteiger partial charge in [-0.15, -0.1) is 0 Å². The number of hydrogen-bond acceptors (Lipinski definition) is 4. The van der Waals surface area contributed by atoms with Gasteiger partial charge in [0.05, 0.1) is 12.6 Å². The molecule has 0 saturated carbocycles. The summed E-state index contributed by atoms with van der Waals surface area (Å²) < 4.78 is 11.8. The number of amides is 1. The Hall–Kier alpha value is -3.08. The van der Waals surface area contributed by atoms with Gasteiger partial charge in [-0.1, -0.05) is 31.2 Å². The first-order valence-corrected chi connectivity index (χ1v) is 10.2. The maximum atomic E-state index is 14.0. The molecule has 4 heterocycles. The van der Waals surface area contributed by atoms with Crippen LogP contribution in [0.3, 0.4) is 0 Å². The molecule has 0 aliphatic carbocycles. The molecule has 4 aliphatic rings. The van der Waals surface area contributed by atoms with Crippen LogP contribution in [0, 0.1) is 5.92 Å². The third-order valence-corrected chi connectivity index (χ3v) is 6.72. The number of anilines is 1. The van der Waals surface area contributed by atoms with Crippen molar-refractivity contribution in [1.82, 2.24) is 0 Å². The second-order valence-electron chi connectivity index (χ2n) is 8.29. The van der Waals surface area contributed by atoms with Crippen molar-refractivity contribution >= 4 is 17.8 Å². The number of aliphatic imine (C=N–C) groups is 1. The highest BCUT2D eigenvalue weighted by Gasteiger charge is 2.57. The number of nitrogens with zero attached hydrogens (tertiary/aromatic N) is 2. The summed E-state index contributed by atoms with van der Waals surface area (Å²) >= 11 is 0. The van der Waals surface area contributed by atoms with Gasteiger partial charge in [-0.25, -0.2) is 0 Å². The van der Waals surface area contributed by atoms with E-state index in [1.54, 1.807) is 0 Å². The summed E-state index contributed by atoms with van der Waals surface area (Å²) in [4.78, 5) is 20.5. The third kappa shape index (κ3) is 2.21. The number of benzene rings is 2. The highest BCUT2D eigenvalue weighted by atomic mass is 16.5. The molecule has 146 valence electrons. The van der Waals surface area contributed by atoms with Gasteiger partial charge in [0.25, 0.3) is 0 Å². The maximum absolute atomic E-state index is 14.0. The predicted octanol–water partition coefficient (Wildman–Crippen LogP) is 3.29. The van der Waals surface area contributed by atoms with E-state index in [1.165, 1.54) is 0 Å². The maximum Gasteiger partial charge on any atom is 0.245 e. The largest absolute Gasteiger partial charge is 0.493 e. The van der Waals surface area contributed by atoms with Crippen LogP contribution in [-0.4, -0.2) is 37.9 Å². The fraction of sp³-hybridized carbons (Fsp3) is 0.333. The molecule has 0 bridgehead atoms. The van der Waals surface area contributed by atoms with Crippen molar-refractivity contribution in [3.63, 3.8) is 0 Å². The number of dihydropyridines is 1. The summed E-state index contributed by atoms with van der Waals surface area (Å²) in [6, 6.07) is 12.3. The molecule has 0 radical (unpaired) electrons. The normalized spacial score (nSPS) is 28.3. The van der Waals surface area contributed by atoms with E-state index >= 15 is 0 Å². The Morgan fingerprint density at radius 1 is 1.17 bits per heavy atom. The Morgan fingerprint density at radius 2 is 2.07 bits per heavy atom. The minimum Gasteiger partial charge on any atom is -0.493 e. The SMILES string of the molecule is CC1C=CC=NC1CN1C(=O)C2(COc3cc4c(cc32)CCO4)c2ccccc21. The van der Waals surface area contributed by atoms with Crippen LogP contribution in [0.15, 0.2) is 53.5 Å². The molecule has 5 nitrogen and oxygen atoms in total. The Morgan fingerprint density at radius 3 is 2.97 bits per heavy atom. The van der Waals surface area contributed by atoms with Crippen LogP contribution in [-0.2, 0) is 16.6 Å². The molecule has 2 aromatic carbocycles. The first kappa shape index (κ1) is 16.8. The Bertz CT molecular complexity index is 1090. The van der Waals surface area contributed by atoms with Crippen LogP contribution in [0.2, 0.25) is 0 Å². The molecular formula is C24H22N2O3. The molecular weight excluding hydrogens is 364 g/mol. The zero-order chi connectivity index (χ0) is 19.6. The average molecular weight is 386 g/mol. The van der Waals surface area contributed by atoms with E-state index in [0.29, 0.717) is 25.7 Å². The highest BCUT2D eigenvalue weighted by Crippen LogP contribution is 2.54. The van der Waals surface area contributed by atoms with Crippen LogP contribution < -0.4 is 14.4 Å². The van der Waals surface area contributed by atoms with E-state index < -0.39 is 5.41 Å². The molecule has 3 atom stereocenters. The number of carbonyl (C=O) groups is 1. The first-order valence-electron chi connectivity index (χ1n) is 10.2. The molecule has 0 aromatic heterocycles. The van der Waals surface area contributed by atoms with Crippen LogP contribution >= 0.6 is 0 Å². The highest BCUT2D eigenvalue weighted by molar-refractivity contribution is 6.11. The predicted molar refractivity (Wildman–Crippen MR) is 111 cm³/mol. The molecule has 6 rings (SSSR count). The molecule has 3 unspecified atom stereocenters. The van der Waals surface area contributed by atoms with Crippen molar-refractivity contribution in [2.24, 2.45) is 10.9 Å². The lowest BCUT2D eigenvalue weighted by molar-refractivity contribution is -0.122. The molecule has 1 spiro atoms. The molecule has 0 saturated heterocycles. The molecule has 0 N–H and O–H groups in total. The zero-order valence-corrected chi connectivity index (χ0v) is 16.3. The van der Waals surface area contributed by atoms with E-state index in [0.717, 1.165) is 40.3 Å². The lowest BCUT2D eigenvalue weighted by Gasteiger charge is -2.28. The number of allylic oxidation sites excluding steroid dienone is 1. The van der Waals surface area contributed by atoms with Crippen LogP contribution in [0.4, 0.5) is 5.69 Å². The first-order chi connectivity index (χ1) is 14.2. The van der Waals surface area contributed by atoms with Gasteiger partial charge in [0.1, 0.15) is 23.5 Å². The zero-order valence-electron chi connectivity index (χ0n) is 16.3. The summed E-state index contributed by atoms with van der Waals surface area (Å²) in [7, 11) is 0. The van der Waals surface area contributed by atoms with Gasteiger partial charge in [0.15, 0.2) is 0 Å². The number of para-hydroxylation sites is 1. The van der Waals surface area contributed by atoms with Gasteiger partial charge < -0.3 is 14.4 Å². The lowest BCUT2D eigenvalue weighted by atomic mass is 9.76. The van der Waals surface area contributed by atoms with Gasteiger partial charge >= 0.3 is 0 Å². The lowest BCUT2D eigenvalue weighted by Crippen LogP contribution is -2.45. The number of rotatable bonds is 2. The van der Waals surface area contributed by atoms with Crippen LogP contribution in [0.5, 0.6) is 11.5 Å². The molecule has 29 heavy (non-hydrogen) atoms. The smallest absolute Gasteiger partial charge is 0.245 e. The molecule has 0 fully saturated rings. The van der Waals surface area contributed by atoms with Crippen molar-refractivity contribution in [2.45, 2.75) is 24.8 Å². The average Bonchev–Trinajstić information content (AvgIpc) is 3.41. The molecule has 5 heteroatoms. The fourth-order valence-electron chi connectivity index (χ4n) is 5.08. The van der Waals surface area contributed by atoms with Crippen molar-refractivity contribution in [3.05, 3.63) is 65.2 Å². The monoisotopic (exact) mass is 386 g/mol. The van der Waals surface area contributed by atoms with Crippen molar-refractivity contribution < 1.29 is 14.3 Å².